The number of hydrogen-bond acceptors (Lipinski definition) is 4. The van der Waals surface area contributed by atoms with Crippen LogP contribution in [0.5, 0.6) is 5.75 Å². The molecule has 0 aliphatic heterocycles. The number of carbonyl (C=O) groups is 1. The van der Waals surface area contributed by atoms with E-state index in [9.17, 15) is 24.4 Å². The normalized spacial score (nSPS) is 10.2. The lowest BCUT2D eigenvalue weighted by atomic mass is 10.1. The van der Waals surface area contributed by atoms with Gasteiger partial charge in [0.05, 0.1) is 16.7 Å². The highest BCUT2D eigenvalue weighted by Gasteiger charge is 2.14. The van der Waals surface area contributed by atoms with E-state index in [0.717, 1.165) is 18.2 Å². The van der Waals surface area contributed by atoms with Gasteiger partial charge < -0.3 is 10.4 Å². The minimum atomic E-state index is -0.657. The zero-order chi connectivity index (χ0) is 15.6. The molecule has 0 heterocycles. The van der Waals surface area contributed by atoms with E-state index >= 15 is 0 Å². The Labute approximate surface area is 119 Å². The van der Waals surface area contributed by atoms with E-state index in [1.165, 1.54) is 18.2 Å². The number of phenolic OH excluding ortho intramolecular Hbond substituents is 1. The van der Waals surface area contributed by atoms with Gasteiger partial charge in [-0.25, -0.2) is 4.39 Å². The fraction of sp³-hybridized carbons (Fsp3) is 0.0714. The number of nitro groups is 1. The molecule has 0 aliphatic rings. The molecule has 0 radical (unpaired) electrons. The fourth-order valence-electron chi connectivity index (χ4n) is 1.81. The number of benzene rings is 2. The molecule has 0 bridgehead atoms. The van der Waals surface area contributed by atoms with Crippen molar-refractivity contribution in [3.05, 3.63) is 63.5 Å². The van der Waals surface area contributed by atoms with Gasteiger partial charge >= 0.3 is 0 Å². The molecule has 0 spiro atoms. The zero-order valence-electron chi connectivity index (χ0n) is 11.0. The molecule has 0 fully saturated rings. The number of nitrogens with one attached hydrogen (secondary N) is 1. The van der Waals surface area contributed by atoms with E-state index in [-0.39, 0.29) is 16.9 Å². The summed E-state index contributed by atoms with van der Waals surface area (Å²) < 4.78 is 13.0. The number of halogens is 1. The first-order valence-electron chi connectivity index (χ1n) is 5.93. The lowest BCUT2D eigenvalue weighted by molar-refractivity contribution is -0.384. The molecule has 2 rings (SSSR count). The number of amides is 1. The van der Waals surface area contributed by atoms with Gasteiger partial charge in [0.25, 0.3) is 11.6 Å². The lowest BCUT2D eigenvalue weighted by Crippen LogP contribution is -2.13. The van der Waals surface area contributed by atoms with Crippen molar-refractivity contribution in [2.75, 3.05) is 5.32 Å². The molecule has 0 saturated carbocycles. The summed E-state index contributed by atoms with van der Waals surface area (Å²) in [5.74, 6) is -1.42. The van der Waals surface area contributed by atoms with Crippen molar-refractivity contribution in [1.82, 2.24) is 0 Å². The Kier molecular flexibility index (Phi) is 3.84. The fourth-order valence-corrected chi connectivity index (χ4v) is 1.81. The Morgan fingerprint density at radius 3 is 2.57 bits per heavy atom. The van der Waals surface area contributed by atoms with Gasteiger partial charge in [0.2, 0.25) is 0 Å². The Hall–Kier alpha value is -2.96. The van der Waals surface area contributed by atoms with Gasteiger partial charge in [0, 0.05) is 11.6 Å². The first-order valence-corrected chi connectivity index (χ1v) is 5.93. The smallest absolute Gasteiger partial charge is 0.273 e. The maximum Gasteiger partial charge on any atom is 0.273 e. The van der Waals surface area contributed by atoms with Gasteiger partial charge in [0.15, 0.2) is 0 Å². The van der Waals surface area contributed by atoms with Crippen molar-refractivity contribution < 1.29 is 19.2 Å². The first-order chi connectivity index (χ1) is 9.88. The molecule has 2 aromatic carbocycles. The average molecular weight is 290 g/mol. The summed E-state index contributed by atoms with van der Waals surface area (Å²) in [4.78, 5) is 21.9. The minimum Gasteiger partial charge on any atom is -0.506 e. The number of hydrogen-bond donors (Lipinski definition) is 2. The SMILES string of the molecule is Cc1cc(F)ccc1C(=O)Nc1ccc([N+](=O)[O-])cc1O. The van der Waals surface area contributed by atoms with Gasteiger partial charge in [-0.1, -0.05) is 0 Å². The summed E-state index contributed by atoms with van der Waals surface area (Å²) in [5.41, 5.74) is 0.431. The van der Waals surface area contributed by atoms with Crippen LogP contribution in [0.3, 0.4) is 0 Å². The largest absolute Gasteiger partial charge is 0.506 e. The molecule has 6 nitrogen and oxygen atoms in total. The van der Waals surface area contributed by atoms with Crippen LogP contribution in [0.4, 0.5) is 15.8 Å². The standard InChI is InChI=1S/C14H11FN2O4/c1-8-6-9(15)2-4-11(8)14(19)16-12-5-3-10(17(20)21)7-13(12)18/h2-7,18H,1H3,(H,16,19). The number of non-ortho nitro benzene ring substituents is 1. The molecule has 2 N–H and O–H groups in total. The lowest BCUT2D eigenvalue weighted by Gasteiger charge is -2.09. The maximum atomic E-state index is 13.0. The number of aryl methyl sites for hydroxylation is 1. The quantitative estimate of drug-likeness (QED) is 0.516. The maximum absolute atomic E-state index is 13.0. The molecular weight excluding hydrogens is 279 g/mol. The third-order valence-electron chi connectivity index (χ3n) is 2.87. The third-order valence-corrected chi connectivity index (χ3v) is 2.87. The van der Waals surface area contributed by atoms with Crippen molar-refractivity contribution in [3.63, 3.8) is 0 Å². The van der Waals surface area contributed by atoms with Crippen LogP contribution in [-0.4, -0.2) is 15.9 Å². The summed E-state index contributed by atoms with van der Waals surface area (Å²) in [6.07, 6.45) is 0. The van der Waals surface area contributed by atoms with E-state index in [1.807, 2.05) is 0 Å². The topological polar surface area (TPSA) is 92.5 Å². The van der Waals surface area contributed by atoms with Crippen LogP contribution in [0.1, 0.15) is 15.9 Å². The number of phenols is 1. The molecule has 0 saturated heterocycles. The summed E-state index contributed by atoms with van der Waals surface area (Å²) in [6.45, 7) is 1.58. The predicted molar refractivity (Wildman–Crippen MR) is 73.9 cm³/mol. The molecule has 2 aromatic rings. The number of rotatable bonds is 3. The van der Waals surface area contributed by atoms with Gasteiger partial charge in [-0.3, -0.25) is 14.9 Å². The second-order valence-electron chi connectivity index (χ2n) is 4.37. The van der Waals surface area contributed by atoms with Crippen molar-refractivity contribution in [3.8, 4) is 5.75 Å². The third kappa shape index (κ3) is 3.14. The van der Waals surface area contributed by atoms with Crippen LogP contribution < -0.4 is 5.32 Å². The van der Waals surface area contributed by atoms with Crippen LogP contribution in [0.15, 0.2) is 36.4 Å². The van der Waals surface area contributed by atoms with Crippen molar-refractivity contribution >= 4 is 17.3 Å². The highest BCUT2D eigenvalue weighted by atomic mass is 19.1. The molecule has 1 amide bonds. The monoisotopic (exact) mass is 290 g/mol. The Balaban J connectivity index is 2.25. The second-order valence-corrected chi connectivity index (χ2v) is 4.37. The first kappa shape index (κ1) is 14.4. The van der Waals surface area contributed by atoms with Crippen molar-refractivity contribution in [2.45, 2.75) is 6.92 Å². The van der Waals surface area contributed by atoms with Crippen LogP contribution in [-0.2, 0) is 0 Å². The van der Waals surface area contributed by atoms with E-state index in [0.29, 0.717) is 5.56 Å². The number of anilines is 1. The Morgan fingerprint density at radius 2 is 2.00 bits per heavy atom. The van der Waals surface area contributed by atoms with Crippen LogP contribution >= 0.6 is 0 Å². The predicted octanol–water partition coefficient (Wildman–Crippen LogP) is 3.00. The summed E-state index contributed by atoms with van der Waals surface area (Å²) in [5, 5.41) is 22.6. The Bertz CT molecular complexity index is 731. The summed E-state index contributed by atoms with van der Waals surface area (Å²) in [7, 11) is 0. The van der Waals surface area contributed by atoms with Gasteiger partial charge in [-0.2, -0.15) is 0 Å². The minimum absolute atomic E-state index is 0.0364. The number of nitrogens with zero attached hydrogens (tertiary/aromatic N) is 1. The second kappa shape index (κ2) is 5.58. The molecule has 108 valence electrons. The van der Waals surface area contributed by atoms with E-state index < -0.39 is 22.4 Å². The highest BCUT2D eigenvalue weighted by Crippen LogP contribution is 2.28. The molecule has 7 heteroatoms. The summed E-state index contributed by atoms with van der Waals surface area (Å²) in [6, 6.07) is 7.01. The van der Waals surface area contributed by atoms with E-state index in [4.69, 9.17) is 0 Å². The average Bonchev–Trinajstić information content (AvgIpc) is 2.40. The van der Waals surface area contributed by atoms with Crippen LogP contribution in [0.25, 0.3) is 0 Å². The molecule has 0 atom stereocenters. The highest BCUT2D eigenvalue weighted by molar-refractivity contribution is 6.06. The molecular formula is C14H11FN2O4. The van der Waals surface area contributed by atoms with Gasteiger partial charge in [-0.15, -0.1) is 0 Å². The molecule has 0 unspecified atom stereocenters. The number of aromatic hydroxyl groups is 1. The van der Waals surface area contributed by atoms with Crippen LogP contribution in [0.2, 0.25) is 0 Å². The Morgan fingerprint density at radius 1 is 1.29 bits per heavy atom. The van der Waals surface area contributed by atoms with Crippen molar-refractivity contribution in [1.29, 1.82) is 0 Å². The van der Waals surface area contributed by atoms with Crippen LogP contribution in [0, 0.1) is 22.9 Å². The molecule has 21 heavy (non-hydrogen) atoms. The molecule has 0 aromatic heterocycles. The van der Waals surface area contributed by atoms with E-state index in [1.54, 1.807) is 6.92 Å². The van der Waals surface area contributed by atoms with Gasteiger partial charge in [-0.05, 0) is 36.8 Å². The number of carbonyl (C=O) groups excluding carboxylic acids is 1. The zero-order valence-corrected chi connectivity index (χ0v) is 11.0. The van der Waals surface area contributed by atoms with E-state index in [2.05, 4.69) is 5.32 Å². The number of nitro benzene ring substituents is 1. The summed E-state index contributed by atoms with van der Waals surface area (Å²) >= 11 is 0. The van der Waals surface area contributed by atoms with Crippen molar-refractivity contribution in [2.24, 2.45) is 0 Å². The molecule has 0 aliphatic carbocycles. The van der Waals surface area contributed by atoms with Gasteiger partial charge in [0.1, 0.15) is 11.6 Å².